The highest BCUT2D eigenvalue weighted by Crippen LogP contribution is 2.25. The minimum Gasteiger partial charge on any atom is -0.330 e. The van der Waals surface area contributed by atoms with Crippen molar-refractivity contribution in [1.82, 2.24) is 9.55 Å². The van der Waals surface area contributed by atoms with E-state index in [0.717, 1.165) is 17.2 Å². The summed E-state index contributed by atoms with van der Waals surface area (Å²) in [5, 5.41) is 0. The number of rotatable bonds is 2. The molecule has 1 heterocycles. The molecule has 3 heteroatoms. The Morgan fingerprint density at radius 1 is 1.18 bits per heavy atom. The maximum absolute atomic E-state index is 5.68. The molecule has 0 saturated carbocycles. The van der Waals surface area contributed by atoms with Crippen LogP contribution in [0.25, 0.3) is 11.3 Å². The number of aryl methyl sites for hydroxylation is 3. The van der Waals surface area contributed by atoms with Crippen LogP contribution in [0.2, 0.25) is 0 Å². The fraction of sp³-hybridized carbons (Fsp3) is 0.357. The summed E-state index contributed by atoms with van der Waals surface area (Å²) in [7, 11) is 2.02. The van der Waals surface area contributed by atoms with Gasteiger partial charge < -0.3 is 10.3 Å². The van der Waals surface area contributed by atoms with E-state index in [2.05, 4.69) is 41.6 Å². The van der Waals surface area contributed by atoms with Gasteiger partial charge in [-0.05, 0) is 38.0 Å². The van der Waals surface area contributed by atoms with Gasteiger partial charge in [-0.15, -0.1) is 0 Å². The molecule has 0 aliphatic rings. The summed E-state index contributed by atoms with van der Waals surface area (Å²) in [5.74, 6) is 0.927. The molecule has 0 radical (unpaired) electrons. The molecule has 2 N–H and O–H groups in total. The Morgan fingerprint density at radius 3 is 2.41 bits per heavy atom. The molecule has 0 aliphatic carbocycles. The molecule has 90 valence electrons. The fourth-order valence-corrected chi connectivity index (χ4v) is 2.17. The van der Waals surface area contributed by atoms with Crippen molar-refractivity contribution in [3.8, 4) is 11.3 Å². The predicted octanol–water partition coefficient (Wildman–Crippen LogP) is 2.47. The van der Waals surface area contributed by atoms with Gasteiger partial charge in [0.2, 0.25) is 0 Å². The second-order valence-corrected chi connectivity index (χ2v) is 4.52. The van der Waals surface area contributed by atoms with E-state index in [-0.39, 0.29) is 0 Å². The van der Waals surface area contributed by atoms with E-state index in [1.165, 1.54) is 16.7 Å². The molecule has 2 aromatic rings. The Labute approximate surface area is 102 Å². The maximum atomic E-state index is 5.68. The fourth-order valence-electron chi connectivity index (χ4n) is 2.17. The quantitative estimate of drug-likeness (QED) is 0.859. The van der Waals surface area contributed by atoms with Gasteiger partial charge in [0.1, 0.15) is 5.82 Å². The van der Waals surface area contributed by atoms with E-state index in [1.807, 2.05) is 14.0 Å². The molecule has 1 aromatic carbocycles. The molecule has 0 bridgehead atoms. The lowest BCUT2D eigenvalue weighted by Crippen LogP contribution is -2.05. The van der Waals surface area contributed by atoms with Crippen molar-refractivity contribution in [2.24, 2.45) is 12.8 Å². The third-order valence-electron chi connectivity index (χ3n) is 3.32. The van der Waals surface area contributed by atoms with Crippen molar-refractivity contribution in [2.75, 3.05) is 0 Å². The van der Waals surface area contributed by atoms with Crippen LogP contribution < -0.4 is 5.73 Å². The van der Waals surface area contributed by atoms with Gasteiger partial charge in [0, 0.05) is 12.6 Å². The zero-order chi connectivity index (χ0) is 12.6. The van der Waals surface area contributed by atoms with E-state index < -0.39 is 0 Å². The van der Waals surface area contributed by atoms with Crippen molar-refractivity contribution in [2.45, 2.75) is 27.3 Å². The van der Waals surface area contributed by atoms with Gasteiger partial charge >= 0.3 is 0 Å². The summed E-state index contributed by atoms with van der Waals surface area (Å²) in [5.41, 5.74) is 11.7. The zero-order valence-electron chi connectivity index (χ0n) is 10.9. The number of nitrogens with zero attached hydrogens (tertiary/aromatic N) is 2. The van der Waals surface area contributed by atoms with Crippen LogP contribution in [0.4, 0.5) is 0 Å². The molecule has 0 amide bonds. The minimum atomic E-state index is 0.474. The Hall–Kier alpha value is -1.61. The Bertz CT molecular complexity index is 553. The van der Waals surface area contributed by atoms with Gasteiger partial charge in [-0.2, -0.15) is 0 Å². The van der Waals surface area contributed by atoms with Gasteiger partial charge in [0.25, 0.3) is 0 Å². The van der Waals surface area contributed by atoms with E-state index in [9.17, 15) is 0 Å². The van der Waals surface area contributed by atoms with Crippen LogP contribution in [0.3, 0.4) is 0 Å². The van der Waals surface area contributed by atoms with Crippen LogP contribution >= 0.6 is 0 Å². The van der Waals surface area contributed by atoms with Crippen LogP contribution in [0.5, 0.6) is 0 Å². The third kappa shape index (κ3) is 1.98. The maximum Gasteiger partial charge on any atom is 0.122 e. The van der Waals surface area contributed by atoms with Crippen molar-refractivity contribution < 1.29 is 0 Å². The first-order valence-corrected chi connectivity index (χ1v) is 5.84. The van der Waals surface area contributed by atoms with E-state index >= 15 is 0 Å². The standard InChI is InChI=1S/C14H19N3/c1-9-5-6-12(7-10(9)2)14-11(3)16-13(8-15)17(14)4/h5-7H,8,15H2,1-4H3. The van der Waals surface area contributed by atoms with Gasteiger partial charge in [0.05, 0.1) is 17.9 Å². The van der Waals surface area contributed by atoms with E-state index in [4.69, 9.17) is 5.73 Å². The lowest BCUT2D eigenvalue weighted by molar-refractivity contribution is 0.798. The number of benzene rings is 1. The van der Waals surface area contributed by atoms with Crippen molar-refractivity contribution in [3.63, 3.8) is 0 Å². The van der Waals surface area contributed by atoms with Crippen LogP contribution in [0, 0.1) is 20.8 Å². The first-order chi connectivity index (χ1) is 8.04. The van der Waals surface area contributed by atoms with Crippen LogP contribution in [0.15, 0.2) is 18.2 Å². The second kappa shape index (κ2) is 4.34. The van der Waals surface area contributed by atoms with E-state index in [0.29, 0.717) is 6.54 Å². The Balaban J connectivity index is 2.60. The highest BCUT2D eigenvalue weighted by atomic mass is 15.1. The molecular weight excluding hydrogens is 210 g/mol. The van der Waals surface area contributed by atoms with Crippen LogP contribution in [-0.2, 0) is 13.6 Å². The summed E-state index contributed by atoms with van der Waals surface area (Å²) in [6.45, 7) is 6.76. The lowest BCUT2D eigenvalue weighted by atomic mass is 10.0. The molecule has 0 atom stereocenters. The minimum absolute atomic E-state index is 0.474. The molecule has 17 heavy (non-hydrogen) atoms. The first kappa shape index (κ1) is 11.9. The summed E-state index contributed by atoms with van der Waals surface area (Å²) in [4.78, 5) is 4.50. The molecular formula is C14H19N3. The lowest BCUT2D eigenvalue weighted by Gasteiger charge is -2.08. The normalized spacial score (nSPS) is 10.9. The second-order valence-electron chi connectivity index (χ2n) is 4.52. The van der Waals surface area contributed by atoms with Gasteiger partial charge in [-0.3, -0.25) is 0 Å². The molecule has 0 fully saturated rings. The number of nitrogens with two attached hydrogens (primary N) is 1. The monoisotopic (exact) mass is 229 g/mol. The summed E-state index contributed by atoms with van der Waals surface area (Å²) in [6, 6.07) is 6.51. The molecule has 0 saturated heterocycles. The SMILES string of the molecule is Cc1ccc(-c2c(C)nc(CN)n2C)cc1C. The Kier molecular flexibility index (Phi) is 3.03. The largest absolute Gasteiger partial charge is 0.330 e. The topological polar surface area (TPSA) is 43.8 Å². The number of hydrogen-bond donors (Lipinski definition) is 1. The van der Waals surface area contributed by atoms with Crippen LogP contribution in [0.1, 0.15) is 22.6 Å². The van der Waals surface area contributed by atoms with E-state index in [1.54, 1.807) is 0 Å². The highest BCUT2D eigenvalue weighted by Gasteiger charge is 2.12. The molecule has 2 rings (SSSR count). The number of aromatic nitrogens is 2. The average Bonchev–Trinajstić information content (AvgIpc) is 2.58. The molecule has 0 aliphatic heterocycles. The Morgan fingerprint density at radius 2 is 1.88 bits per heavy atom. The number of imidazole rings is 1. The zero-order valence-corrected chi connectivity index (χ0v) is 10.9. The van der Waals surface area contributed by atoms with Gasteiger partial charge in [0.15, 0.2) is 0 Å². The molecule has 0 unspecified atom stereocenters. The summed E-state index contributed by atoms with van der Waals surface area (Å²) >= 11 is 0. The predicted molar refractivity (Wildman–Crippen MR) is 70.7 cm³/mol. The van der Waals surface area contributed by atoms with Gasteiger partial charge in [-0.25, -0.2) is 4.98 Å². The van der Waals surface area contributed by atoms with Crippen molar-refractivity contribution >= 4 is 0 Å². The van der Waals surface area contributed by atoms with Crippen LogP contribution in [-0.4, -0.2) is 9.55 Å². The summed E-state index contributed by atoms with van der Waals surface area (Å²) in [6.07, 6.45) is 0. The summed E-state index contributed by atoms with van der Waals surface area (Å²) < 4.78 is 2.08. The average molecular weight is 229 g/mol. The number of hydrogen-bond acceptors (Lipinski definition) is 2. The molecule has 1 aromatic heterocycles. The third-order valence-corrected chi connectivity index (χ3v) is 3.32. The molecule has 3 nitrogen and oxygen atoms in total. The first-order valence-electron chi connectivity index (χ1n) is 5.84. The highest BCUT2D eigenvalue weighted by molar-refractivity contribution is 5.64. The smallest absolute Gasteiger partial charge is 0.122 e. The van der Waals surface area contributed by atoms with Crippen molar-refractivity contribution in [3.05, 3.63) is 40.8 Å². The molecule has 0 spiro atoms. The van der Waals surface area contributed by atoms with Crippen molar-refractivity contribution in [1.29, 1.82) is 0 Å². The van der Waals surface area contributed by atoms with Gasteiger partial charge in [-0.1, -0.05) is 12.1 Å².